The molecular formula is C10H18S. The van der Waals surface area contributed by atoms with Gasteiger partial charge in [-0.3, -0.25) is 0 Å². The minimum Gasteiger partial charge on any atom is -0.127 e. The lowest BCUT2D eigenvalue weighted by atomic mass is 9.89. The summed E-state index contributed by atoms with van der Waals surface area (Å²) >= 11 is 2.03. The van der Waals surface area contributed by atoms with Gasteiger partial charge in [0, 0.05) is 5.25 Å². The van der Waals surface area contributed by atoms with Crippen molar-refractivity contribution in [1.29, 1.82) is 0 Å². The molecule has 0 radical (unpaired) electrons. The third kappa shape index (κ3) is 2.02. The molecule has 0 amide bonds. The zero-order valence-electron chi connectivity index (χ0n) is 7.92. The molecule has 64 valence electrons. The van der Waals surface area contributed by atoms with Crippen molar-refractivity contribution < 1.29 is 0 Å². The molecule has 0 aromatic rings. The van der Waals surface area contributed by atoms with Crippen molar-refractivity contribution in [3.63, 3.8) is 0 Å². The first kappa shape index (κ1) is 9.18. The largest absolute Gasteiger partial charge is 0.127 e. The second-order valence-corrected chi connectivity index (χ2v) is 5.19. The van der Waals surface area contributed by atoms with E-state index in [4.69, 9.17) is 0 Å². The Morgan fingerprint density at radius 3 is 2.64 bits per heavy atom. The van der Waals surface area contributed by atoms with Gasteiger partial charge in [0.25, 0.3) is 0 Å². The number of hydrogen-bond acceptors (Lipinski definition) is 1. The van der Waals surface area contributed by atoms with E-state index in [2.05, 4.69) is 33.8 Å². The third-order valence-electron chi connectivity index (χ3n) is 2.64. The highest BCUT2D eigenvalue weighted by atomic mass is 32.2. The van der Waals surface area contributed by atoms with Gasteiger partial charge in [0.1, 0.15) is 0 Å². The van der Waals surface area contributed by atoms with Gasteiger partial charge in [-0.05, 0) is 23.7 Å². The van der Waals surface area contributed by atoms with Crippen LogP contribution < -0.4 is 0 Å². The van der Waals surface area contributed by atoms with Crippen molar-refractivity contribution in [2.24, 2.45) is 11.8 Å². The fraction of sp³-hybridized carbons (Fsp3) is 0.800. The molecule has 0 fully saturated rings. The van der Waals surface area contributed by atoms with E-state index in [1.165, 1.54) is 11.3 Å². The molecule has 1 aliphatic heterocycles. The molecule has 0 saturated heterocycles. The van der Waals surface area contributed by atoms with Crippen LogP contribution in [0, 0.1) is 11.8 Å². The maximum Gasteiger partial charge on any atom is 0.0128 e. The first-order valence-electron chi connectivity index (χ1n) is 4.50. The van der Waals surface area contributed by atoms with Gasteiger partial charge < -0.3 is 0 Å². The van der Waals surface area contributed by atoms with Crippen LogP contribution in [0.3, 0.4) is 0 Å². The molecular weight excluding hydrogens is 152 g/mol. The minimum absolute atomic E-state index is 0.810. The van der Waals surface area contributed by atoms with E-state index in [1.807, 2.05) is 11.8 Å². The van der Waals surface area contributed by atoms with Crippen LogP contribution in [0.5, 0.6) is 0 Å². The van der Waals surface area contributed by atoms with Crippen LogP contribution >= 0.6 is 11.8 Å². The Kier molecular flexibility index (Phi) is 3.06. The van der Waals surface area contributed by atoms with Crippen molar-refractivity contribution in [2.75, 3.05) is 0 Å². The number of allylic oxidation sites excluding steroid dienone is 2. The Morgan fingerprint density at radius 2 is 2.27 bits per heavy atom. The predicted molar refractivity (Wildman–Crippen MR) is 53.8 cm³/mol. The van der Waals surface area contributed by atoms with Gasteiger partial charge >= 0.3 is 0 Å². The molecule has 0 N–H and O–H groups in total. The van der Waals surface area contributed by atoms with Gasteiger partial charge in [0.05, 0.1) is 0 Å². The molecule has 0 bridgehead atoms. The molecule has 0 nitrogen and oxygen atoms in total. The first-order chi connectivity index (χ1) is 5.15. The van der Waals surface area contributed by atoms with Crippen LogP contribution in [0.4, 0.5) is 0 Å². The van der Waals surface area contributed by atoms with Crippen LogP contribution in [0.1, 0.15) is 34.1 Å². The van der Waals surface area contributed by atoms with Crippen molar-refractivity contribution in [3.8, 4) is 0 Å². The molecule has 1 aliphatic rings. The molecule has 0 aliphatic carbocycles. The van der Waals surface area contributed by atoms with Gasteiger partial charge in [-0.15, -0.1) is 11.8 Å². The van der Waals surface area contributed by atoms with Crippen LogP contribution in [0.2, 0.25) is 0 Å². The lowest BCUT2D eigenvalue weighted by Gasteiger charge is -2.19. The van der Waals surface area contributed by atoms with Gasteiger partial charge in [-0.1, -0.05) is 33.3 Å². The summed E-state index contributed by atoms with van der Waals surface area (Å²) in [5.74, 6) is 1.68. The smallest absolute Gasteiger partial charge is 0.0128 e. The third-order valence-corrected chi connectivity index (χ3v) is 3.84. The van der Waals surface area contributed by atoms with Crippen molar-refractivity contribution in [1.82, 2.24) is 0 Å². The SMILES string of the molecule is CCC(C)C1C=C(C)SC1C. The van der Waals surface area contributed by atoms with E-state index in [1.54, 1.807) is 0 Å². The Balaban J connectivity index is 2.58. The topological polar surface area (TPSA) is 0 Å². The van der Waals surface area contributed by atoms with Gasteiger partial charge in [0.2, 0.25) is 0 Å². The fourth-order valence-electron chi connectivity index (χ4n) is 1.72. The van der Waals surface area contributed by atoms with Crippen molar-refractivity contribution in [2.45, 2.75) is 39.4 Å². The molecule has 11 heavy (non-hydrogen) atoms. The Bertz CT molecular complexity index is 160. The monoisotopic (exact) mass is 170 g/mol. The van der Waals surface area contributed by atoms with E-state index < -0.39 is 0 Å². The molecule has 1 heteroatoms. The zero-order valence-corrected chi connectivity index (χ0v) is 8.74. The normalized spacial score (nSPS) is 33.6. The van der Waals surface area contributed by atoms with Gasteiger partial charge in [0.15, 0.2) is 0 Å². The van der Waals surface area contributed by atoms with Crippen LogP contribution in [-0.4, -0.2) is 5.25 Å². The molecule has 1 heterocycles. The molecule has 0 aromatic heterocycles. The average molecular weight is 170 g/mol. The van der Waals surface area contributed by atoms with Gasteiger partial charge in [-0.2, -0.15) is 0 Å². The Labute approximate surface area is 74.5 Å². The molecule has 0 aromatic carbocycles. The standard InChI is InChI=1S/C10H18S/c1-5-7(2)10-6-8(3)11-9(10)4/h6-7,9-10H,5H2,1-4H3. The number of rotatable bonds is 2. The summed E-state index contributed by atoms with van der Waals surface area (Å²) in [6, 6.07) is 0. The number of hydrogen-bond donors (Lipinski definition) is 0. The minimum atomic E-state index is 0.810. The van der Waals surface area contributed by atoms with E-state index in [0.29, 0.717) is 0 Å². The van der Waals surface area contributed by atoms with Crippen LogP contribution in [0.25, 0.3) is 0 Å². The molecule has 0 saturated carbocycles. The summed E-state index contributed by atoms with van der Waals surface area (Å²) < 4.78 is 0. The Hall–Kier alpha value is 0.0900. The lowest BCUT2D eigenvalue weighted by molar-refractivity contribution is 0.418. The maximum absolute atomic E-state index is 2.45. The zero-order chi connectivity index (χ0) is 8.43. The highest BCUT2D eigenvalue weighted by Crippen LogP contribution is 2.40. The van der Waals surface area contributed by atoms with Crippen molar-refractivity contribution in [3.05, 3.63) is 11.0 Å². The second-order valence-electron chi connectivity index (χ2n) is 3.56. The van der Waals surface area contributed by atoms with E-state index in [9.17, 15) is 0 Å². The summed E-state index contributed by atoms with van der Waals surface area (Å²) in [7, 11) is 0. The molecule has 1 rings (SSSR count). The highest BCUT2D eigenvalue weighted by Gasteiger charge is 2.26. The predicted octanol–water partition coefficient (Wildman–Crippen LogP) is 3.69. The summed E-state index contributed by atoms with van der Waals surface area (Å²) in [5, 5.41) is 0.810. The maximum atomic E-state index is 2.45. The average Bonchev–Trinajstić information content (AvgIpc) is 2.28. The second kappa shape index (κ2) is 3.66. The molecule has 0 spiro atoms. The van der Waals surface area contributed by atoms with E-state index in [-0.39, 0.29) is 0 Å². The fourth-order valence-corrected chi connectivity index (χ4v) is 3.04. The van der Waals surface area contributed by atoms with E-state index >= 15 is 0 Å². The summed E-state index contributed by atoms with van der Waals surface area (Å²) in [6.45, 7) is 9.21. The quantitative estimate of drug-likeness (QED) is 0.609. The number of thioether (sulfide) groups is 1. The molecule has 3 unspecified atom stereocenters. The van der Waals surface area contributed by atoms with Crippen molar-refractivity contribution >= 4 is 11.8 Å². The van der Waals surface area contributed by atoms with E-state index in [0.717, 1.165) is 17.1 Å². The Morgan fingerprint density at radius 1 is 1.64 bits per heavy atom. The van der Waals surface area contributed by atoms with Gasteiger partial charge in [-0.25, -0.2) is 0 Å². The summed E-state index contributed by atoms with van der Waals surface area (Å²) in [6.07, 6.45) is 3.75. The summed E-state index contributed by atoms with van der Waals surface area (Å²) in [4.78, 5) is 1.52. The lowest BCUT2D eigenvalue weighted by Crippen LogP contribution is -2.15. The highest BCUT2D eigenvalue weighted by molar-refractivity contribution is 8.03. The molecule has 3 atom stereocenters. The van der Waals surface area contributed by atoms with Crippen LogP contribution in [-0.2, 0) is 0 Å². The first-order valence-corrected chi connectivity index (χ1v) is 5.38. The summed E-state index contributed by atoms with van der Waals surface area (Å²) in [5.41, 5.74) is 0. The van der Waals surface area contributed by atoms with Crippen LogP contribution in [0.15, 0.2) is 11.0 Å².